The average molecular weight is 384 g/mol. The number of carbonyl (C=O) groups excluding carboxylic acids is 3. The molecule has 0 bridgehead atoms. The van der Waals surface area contributed by atoms with Crippen molar-refractivity contribution in [2.45, 2.75) is 18.8 Å². The minimum Gasteiger partial charge on any atom is -0.464 e. The number of imide groups is 1. The van der Waals surface area contributed by atoms with Gasteiger partial charge >= 0.3 is 0 Å². The fourth-order valence-corrected chi connectivity index (χ4v) is 3.80. The van der Waals surface area contributed by atoms with E-state index in [1.165, 1.54) is 0 Å². The van der Waals surface area contributed by atoms with Crippen LogP contribution < -0.4 is 10.6 Å². The number of hydrogen-bond acceptors (Lipinski definition) is 6. The van der Waals surface area contributed by atoms with E-state index in [9.17, 15) is 14.4 Å². The molecule has 8 nitrogen and oxygen atoms in total. The van der Waals surface area contributed by atoms with Gasteiger partial charge < -0.3 is 14.6 Å². The van der Waals surface area contributed by atoms with Crippen molar-refractivity contribution in [1.29, 1.82) is 0 Å². The van der Waals surface area contributed by atoms with Crippen molar-refractivity contribution < 1.29 is 18.8 Å². The van der Waals surface area contributed by atoms with Crippen LogP contribution in [0.4, 0.5) is 5.69 Å². The molecular weight excluding hydrogens is 360 g/mol. The molecule has 0 radical (unpaired) electrons. The molecule has 2 saturated heterocycles. The first-order valence-electron chi connectivity index (χ1n) is 9.55. The Balaban J connectivity index is 1.43. The molecule has 0 spiro atoms. The number of likely N-dealkylation sites (N-methyl/N-ethyl adjacent to an activating group) is 1. The number of carbonyl (C=O) groups is 3. The van der Waals surface area contributed by atoms with Gasteiger partial charge in [-0.2, -0.15) is 0 Å². The molecule has 2 aliphatic heterocycles. The van der Waals surface area contributed by atoms with E-state index in [-0.39, 0.29) is 17.7 Å². The Hall–Kier alpha value is -2.71. The molecule has 3 amide bonds. The standard InChI is InChI=1S/C20H24N4O4/c1-23-6-8-24(9-7-23)11-19(26)21-13-2-3-14-16(12-28-17(14)10-13)15-4-5-18(25)22-20(15)27/h2-3,10,12,15H,4-9,11H2,1H3,(H,21,26)(H,22,25,27). The van der Waals surface area contributed by atoms with Gasteiger partial charge in [-0.25, -0.2) is 0 Å². The molecule has 1 unspecified atom stereocenters. The quantitative estimate of drug-likeness (QED) is 0.768. The summed E-state index contributed by atoms with van der Waals surface area (Å²) in [5, 5.41) is 6.12. The number of nitrogens with zero attached hydrogens (tertiary/aromatic N) is 2. The Morgan fingerprint density at radius 2 is 2.04 bits per heavy atom. The summed E-state index contributed by atoms with van der Waals surface area (Å²) in [6, 6.07) is 5.44. The zero-order valence-electron chi connectivity index (χ0n) is 15.9. The highest BCUT2D eigenvalue weighted by Gasteiger charge is 2.30. The monoisotopic (exact) mass is 384 g/mol. The second-order valence-electron chi connectivity index (χ2n) is 7.53. The highest BCUT2D eigenvalue weighted by atomic mass is 16.3. The third kappa shape index (κ3) is 3.93. The molecule has 2 N–H and O–H groups in total. The maximum Gasteiger partial charge on any atom is 0.238 e. The molecule has 1 aromatic heterocycles. The number of anilines is 1. The van der Waals surface area contributed by atoms with Crippen LogP contribution in [0.25, 0.3) is 11.0 Å². The topological polar surface area (TPSA) is 94.9 Å². The number of piperazine rings is 1. The molecule has 2 aromatic rings. The SMILES string of the molecule is CN1CCN(CC(=O)Nc2ccc3c(C4CCC(=O)NC4=O)coc3c2)CC1. The van der Waals surface area contributed by atoms with Gasteiger partial charge in [-0.05, 0) is 25.6 Å². The molecule has 2 aliphatic rings. The van der Waals surface area contributed by atoms with Crippen molar-refractivity contribution in [3.05, 3.63) is 30.0 Å². The molecule has 28 heavy (non-hydrogen) atoms. The molecular formula is C20H24N4O4. The number of fused-ring (bicyclic) bond motifs is 1. The minimum absolute atomic E-state index is 0.0548. The summed E-state index contributed by atoms with van der Waals surface area (Å²) in [6.07, 6.45) is 2.37. The van der Waals surface area contributed by atoms with Crippen LogP contribution in [0.1, 0.15) is 24.3 Å². The van der Waals surface area contributed by atoms with Crippen LogP contribution in [-0.4, -0.2) is 67.3 Å². The summed E-state index contributed by atoms with van der Waals surface area (Å²) in [5.74, 6) is -0.972. The minimum atomic E-state index is -0.392. The first-order valence-corrected chi connectivity index (χ1v) is 9.55. The summed E-state index contributed by atoms with van der Waals surface area (Å²) >= 11 is 0. The van der Waals surface area contributed by atoms with Gasteiger partial charge in [0, 0.05) is 55.3 Å². The van der Waals surface area contributed by atoms with Gasteiger partial charge in [0.05, 0.1) is 18.7 Å². The van der Waals surface area contributed by atoms with Crippen LogP contribution in [0.2, 0.25) is 0 Å². The first-order chi connectivity index (χ1) is 13.5. The third-order valence-electron chi connectivity index (χ3n) is 5.47. The average Bonchev–Trinajstić information content (AvgIpc) is 3.06. The molecule has 0 saturated carbocycles. The van der Waals surface area contributed by atoms with Crippen molar-refractivity contribution in [2.75, 3.05) is 45.1 Å². The fraction of sp³-hybridized carbons (Fsp3) is 0.450. The molecule has 2 fully saturated rings. The van der Waals surface area contributed by atoms with Crippen LogP contribution in [0.5, 0.6) is 0 Å². The van der Waals surface area contributed by atoms with E-state index in [0.717, 1.165) is 37.1 Å². The number of benzene rings is 1. The van der Waals surface area contributed by atoms with E-state index in [0.29, 0.717) is 30.7 Å². The summed E-state index contributed by atoms with van der Waals surface area (Å²) < 4.78 is 5.63. The Bertz CT molecular complexity index is 914. The molecule has 0 aliphatic carbocycles. The summed E-state index contributed by atoms with van der Waals surface area (Å²) in [5.41, 5.74) is 2.04. The third-order valence-corrected chi connectivity index (χ3v) is 5.47. The molecule has 8 heteroatoms. The highest BCUT2D eigenvalue weighted by Crippen LogP contribution is 2.33. The maximum absolute atomic E-state index is 12.3. The van der Waals surface area contributed by atoms with Crippen LogP contribution in [-0.2, 0) is 14.4 Å². The molecule has 148 valence electrons. The van der Waals surface area contributed by atoms with Gasteiger partial charge in [0.15, 0.2) is 0 Å². The summed E-state index contributed by atoms with van der Waals surface area (Å²) in [7, 11) is 2.08. The smallest absolute Gasteiger partial charge is 0.238 e. The zero-order chi connectivity index (χ0) is 19.7. The lowest BCUT2D eigenvalue weighted by Crippen LogP contribution is -2.47. The Labute approximate surface area is 162 Å². The summed E-state index contributed by atoms with van der Waals surface area (Å²) in [4.78, 5) is 40.2. The van der Waals surface area contributed by atoms with E-state index in [2.05, 4.69) is 27.5 Å². The van der Waals surface area contributed by atoms with Crippen LogP contribution in [0.3, 0.4) is 0 Å². The van der Waals surface area contributed by atoms with E-state index in [1.54, 1.807) is 12.3 Å². The molecule has 1 atom stereocenters. The number of rotatable bonds is 4. The number of nitrogens with one attached hydrogen (secondary N) is 2. The fourth-order valence-electron chi connectivity index (χ4n) is 3.80. The lowest BCUT2D eigenvalue weighted by atomic mass is 9.90. The first kappa shape index (κ1) is 18.6. The van der Waals surface area contributed by atoms with Gasteiger partial charge in [0.2, 0.25) is 17.7 Å². The lowest BCUT2D eigenvalue weighted by Gasteiger charge is -2.31. The van der Waals surface area contributed by atoms with Crippen molar-refractivity contribution >= 4 is 34.4 Å². The largest absolute Gasteiger partial charge is 0.464 e. The van der Waals surface area contributed by atoms with E-state index >= 15 is 0 Å². The van der Waals surface area contributed by atoms with Crippen molar-refractivity contribution in [3.8, 4) is 0 Å². The van der Waals surface area contributed by atoms with Crippen LogP contribution in [0.15, 0.2) is 28.9 Å². The Kier molecular flexibility index (Phi) is 5.15. The van der Waals surface area contributed by atoms with Crippen molar-refractivity contribution in [1.82, 2.24) is 15.1 Å². The number of piperidine rings is 1. The van der Waals surface area contributed by atoms with Gasteiger partial charge in [0.1, 0.15) is 5.58 Å². The van der Waals surface area contributed by atoms with Gasteiger partial charge in [-0.1, -0.05) is 0 Å². The van der Waals surface area contributed by atoms with E-state index in [4.69, 9.17) is 4.42 Å². The molecule has 1 aromatic carbocycles. The second-order valence-corrected chi connectivity index (χ2v) is 7.53. The number of furan rings is 1. The molecule has 4 rings (SSSR count). The van der Waals surface area contributed by atoms with Gasteiger partial charge in [-0.3, -0.25) is 24.6 Å². The summed E-state index contributed by atoms with van der Waals surface area (Å²) in [6.45, 7) is 4.07. The van der Waals surface area contributed by atoms with Crippen LogP contribution >= 0.6 is 0 Å². The van der Waals surface area contributed by atoms with Gasteiger partial charge in [-0.15, -0.1) is 0 Å². The normalized spacial score (nSPS) is 21.7. The second kappa shape index (κ2) is 7.73. The zero-order valence-corrected chi connectivity index (χ0v) is 15.9. The Morgan fingerprint density at radius 3 is 2.79 bits per heavy atom. The maximum atomic E-state index is 12.3. The predicted molar refractivity (Wildman–Crippen MR) is 104 cm³/mol. The Morgan fingerprint density at radius 1 is 1.25 bits per heavy atom. The van der Waals surface area contributed by atoms with E-state index in [1.807, 2.05) is 12.1 Å². The van der Waals surface area contributed by atoms with Crippen LogP contribution in [0, 0.1) is 0 Å². The lowest BCUT2D eigenvalue weighted by molar-refractivity contribution is -0.134. The van der Waals surface area contributed by atoms with Crippen molar-refractivity contribution in [3.63, 3.8) is 0 Å². The highest BCUT2D eigenvalue weighted by molar-refractivity contribution is 6.03. The number of hydrogen-bond donors (Lipinski definition) is 2. The number of amides is 3. The van der Waals surface area contributed by atoms with Gasteiger partial charge in [0.25, 0.3) is 0 Å². The van der Waals surface area contributed by atoms with E-state index < -0.39 is 5.92 Å². The van der Waals surface area contributed by atoms with Crippen molar-refractivity contribution in [2.24, 2.45) is 0 Å². The predicted octanol–water partition coefficient (Wildman–Crippen LogP) is 1.14. The molecule has 3 heterocycles.